The zero-order valence-electron chi connectivity index (χ0n) is 17.9. The molecule has 0 saturated carbocycles. The van der Waals surface area contributed by atoms with Gasteiger partial charge < -0.3 is 9.64 Å². The Morgan fingerprint density at radius 2 is 1.56 bits per heavy atom. The highest BCUT2D eigenvalue weighted by molar-refractivity contribution is 5.96. The maximum absolute atomic E-state index is 13.4. The lowest BCUT2D eigenvalue weighted by Crippen LogP contribution is -2.50. The summed E-state index contributed by atoms with van der Waals surface area (Å²) in [7, 11) is 0. The second kappa shape index (κ2) is 8.87. The largest absolute Gasteiger partial charge is 0.444 e. The smallest absolute Gasteiger partial charge is 0.414 e. The van der Waals surface area contributed by atoms with Crippen molar-refractivity contribution in [3.05, 3.63) is 101 Å². The predicted molar refractivity (Wildman–Crippen MR) is 124 cm³/mol. The van der Waals surface area contributed by atoms with Crippen molar-refractivity contribution >= 4 is 17.7 Å². The summed E-state index contributed by atoms with van der Waals surface area (Å²) in [6.07, 6.45) is 1.91. The van der Waals surface area contributed by atoms with E-state index in [2.05, 4.69) is 12.1 Å². The average molecular weight is 427 g/mol. The summed E-state index contributed by atoms with van der Waals surface area (Å²) in [5.74, 6) is 0.0663. The van der Waals surface area contributed by atoms with E-state index in [1.807, 2.05) is 71.6 Å². The van der Waals surface area contributed by atoms with Gasteiger partial charge in [-0.25, -0.2) is 4.79 Å². The van der Waals surface area contributed by atoms with Gasteiger partial charge in [-0.1, -0.05) is 66.7 Å². The van der Waals surface area contributed by atoms with Gasteiger partial charge in [0, 0.05) is 30.3 Å². The van der Waals surface area contributed by atoms with E-state index < -0.39 is 0 Å². The fourth-order valence-corrected chi connectivity index (χ4v) is 4.72. The molecule has 162 valence electrons. The van der Waals surface area contributed by atoms with Gasteiger partial charge in [0.05, 0.1) is 5.69 Å². The number of para-hydroxylation sites is 1. The number of rotatable bonds is 4. The number of carbonyl (C=O) groups excluding carboxylic acids is 2. The van der Waals surface area contributed by atoms with Gasteiger partial charge >= 0.3 is 6.09 Å². The Bertz CT molecular complexity index is 1120. The highest BCUT2D eigenvalue weighted by atomic mass is 16.6. The number of hydrogen-bond acceptors (Lipinski definition) is 3. The molecule has 0 bridgehead atoms. The van der Waals surface area contributed by atoms with Gasteiger partial charge in [0.15, 0.2) is 0 Å². The van der Waals surface area contributed by atoms with Gasteiger partial charge in [-0.05, 0) is 42.5 Å². The Morgan fingerprint density at radius 3 is 2.38 bits per heavy atom. The Balaban J connectivity index is 1.29. The van der Waals surface area contributed by atoms with Crippen LogP contribution in [0.2, 0.25) is 0 Å². The zero-order chi connectivity index (χ0) is 21.9. The molecule has 0 aromatic heterocycles. The summed E-state index contributed by atoms with van der Waals surface area (Å²) < 4.78 is 5.39. The van der Waals surface area contributed by atoms with E-state index in [0.717, 1.165) is 41.6 Å². The highest BCUT2D eigenvalue weighted by Gasteiger charge is 2.35. The van der Waals surface area contributed by atoms with Crippen molar-refractivity contribution in [2.24, 2.45) is 0 Å². The molecule has 5 heteroatoms. The third-order valence-corrected chi connectivity index (χ3v) is 6.40. The Kier molecular flexibility index (Phi) is 5.63. The van der Waals surface area contributed by atoms with Gasteiger partial charge in [0.2, 0.25) is 0 Å². The molecular formula is C27H26N2O3. The number of amides is 2. The number of hydrogen-bond donors (Lipinski definition) is 0. The molecule has 32 heavy (non-hydrogen) atoms. The van der Waals surface area contributed by atoms with Gasteiger partial charge in [-0.15, -0.1) is 0 Å². The van der Waals surface area contributed by atoms with E-state index in [9.17, 15) is 9.59 Å². The molecule has 3 aromatic carbocycles. The molecule has 5 nitrogen and oxygen atoms in total. The maximum atomic E-state index is 13.4. The van der Waals surface area contributed by atoms with E-state index in [1.165, 1.54) is 5.56 Å². The SMILES string of the molecule is O=C(c1ccccc1Cc1ccccc1)N1CCC(N2C(=O)OCc3ccccc32)CC1. The second-order valence-corrected chi connectivity index (χ2v) is 8.40. The molecule has 0 radical (unpaired) electrons. The standard InChI is InChI=1S/C27H26N2O3/c30-26(24-12-6-4-10-21(24)18-20-8-2-1-3-9-20)28-16-14-23(15-17-28)29-25-13-7-5-11-22(25)19-32-27(29)31/h1-13,23H,14-19H2. The summed E-state index contributed by atoms with van der Waals surface area (Å²) in [4.78, 5) is 29.6. The molecule has 3 aromatic rings. The molecule has 1 fully saturated rings. The molecule has 2 heterocycles. The third-order valence-electron chi connectivity index (χ3n) is 6.40. The average Bonchev–Trinajstić information content (AvgIpc) is 2.85. The van der Waals surface area contributed by atoms with Crippen molar-refractivity contribution in [3.63, 3.8) is 0 Å². The molecule has 0 aliphatic carbocycles. The fourth-order valence-electron chi connectivity index (χ4n) is 4.72. The van der Waals surface area contributed by atoms with Crippen LogP contribution in [0.5, 0.6) is 0 Å². The van der Waals surface area contributed by atoms with E-state index in [4.69, 9.17) is 4.74 Å². The van der Waals surface area contributed by atoms with Crippen LogP contribution >= 0.6 is 0 Å². The molecule has 2 amide bonds. The molecule has 5 rings (SSSR count). The molecule has 0 N–H and O–H groups in total. The molecule has 1 saturated heterocycles. The van der Waals surface area contributed by atoms with Crippen LogP contribution in [0.15, 0.2) is 78.9 Å². The van der Waals surface area contributed by atoms with Crippen LogP contribution in [0, 0.1) is 0 Å². The summed E-state index contributed by atoms with van der Waals surface area (Å²) in [5.41, 5.74) is 4.95. The van der Waals surface area contributed by atoms with E-state index >= 15 is 0 Å². The fraction of sp³-hybridized carbons (Fsp3) is 0.259. The van der Waals surface area contributed by atoms with Gasteiger partial charge in [-0.2, -0.15) is 0 Å². The van der Waals surface area contributed by atoms with Crippen LogP contribution in [0.3, 0.4) is 0 Å². The predicted octanol–water partition coefficient (Wildman–Crippen LogP) is 5.04. The van der Waals surface area contributed by atoms with Crippen LogP contribution in [0.25, 0.3) is 0 Å². The first-order chi connectivity index (χ1) is 15.7. The Labute approximate surface area is 188 Å². The number of nitrogens with zero attached hydrogens (tertiary/aromatic N) is 2. The first-order valence-electron chi connectivity index (χ1n) is 11.2. The second-order valence-electron chi connectivity index (χ2n) is 8.40. The van der Waals surface area contributed by atoms with Crippen LogP contribution in [-0.4, -0.2) is 36.0 Å². The summed E-state index contributed by atoms with van der Waals surface area (Å²) >= 11 is 0. The Morgan fingerprint density at radius 1 is 0.875 bits per heavy atom. The van der Waals surface area contributed by atoms with Crippen molar-refractivity contribution in [3.8, 4) is 0 Å². The quantitative estimate of drug-likeness (QED) is 0.587. The number of cyclic esters (lactones) is 1. The molecule has 0 spiro atoms. The number of fused-ring (bicyclic) bond motifs is 1. The molecule has 0 unspecified atom stereocenters. The lowest BCUT2D eigenvalue weighted by Gasteiger charge is -2.40. The first-order valence-corrected chi connectivity index (χ1v) is 11.2. The lowest BCUT2D eigenvalue weighted by atomic mass is 9.97. The Hall–Kier alpha value is -3.60. The minimum atomic E-state index is -0.290. The van der Waals surface area contributed by atoms with Crippen molar-refractivity contribution in [2.45, 2.75) is 31.9 Å². The number of carbonyl (C=O) groups is 2. The van der Waals surface area contributed by atoms with Crippen molar-refractivity contribution in [1.82, 2.24) is 4.90 Å². The number of likely N-dealkylation sites (tertiary alicyclic amines) is 1. The number of benzene rings is 3. The van der Waals surface area contributed by atoms with Gasteiger partial charge in [0.25, 0.3) is 5.91 Å². The maximum Gasteiger partial charge on any atom is 0.414 e. The lowest BCUT2D eigenvalue weighted by molar-refractivity contribution is 0.0707. The van der Waals surface area contributed by atoms with Gasteiger partial charge in [-0.3, -0.25) is 9.69 Å². The van der Waals surface area contributed by atoms with Crippen LogP contribution in [-0.2, 0) is 17.8 Å². The minimum Gasteiger partial charge on any atom is -0.444 e. The van der Waals surface area contributed by atoms with Gasteiger partial charge in [0.1, 0.15) is 6.61 Å². The van der Waals surface area contributed by atoms with Crippen LogP contribution in [0.4, 0.5) is 10.5 Å². The van der Waals surface area contributed by atoms with Crippen LogP contribution < -0.4 is 4.90 Å². The highest BCUT2D eigenvalue weighted by Crippen LogP contribution is 2.32. The number of piperidine rings is 1. The van der Waals surface area contributed by atoms with E-state index in [-0.39, 0.29) is 18.0 Å². The summed E-state index contributed by atoms with van der Waals surface area (Å²) in [6.45, 7) is 1.56. The van der Waals surface area contributed by atoms with Crippen molar-refractivity contribution < 1.29 is 14.3 Å². The van der Waals surface area contributed by atoms with Crippen LogP contribution in [0.1, 0.15) is 39.9 Å². The van der Waals surface area contributed by atoms with Crippen molar-refractivity contribution in [2.75, 3.05) is 18.0 Å². The number of anilines is 1. The summed E-state index contributed by atoms with van der Waals surface area (Å²) in [6, 6.07) is 26.0. The van der Waals surface area contributed by atoms with E-state index in [0.29, 0.717) is 19.7 Å². The molecule has 2 aliphatic heterocycles. The molecule has 0 atom stereocenters. The van der Waals surface area contributed by atoms with Crippen molar-refractivity contribution in [1.29, 1.82) is 0 Å². The third kappa shape index (κ3) is 3.98. The summed E-state index contributed by atoms with van der Waals surface area (Å²) in [5, 5.41) is 0. The van der Waals surface area contributed by atoms with E-state index in [1.54, 1.807) is 4.90 Å². The minimum absolute atomic E-state index is 0.0348. The normalized spacial score (nSPS) is 16.4. The number of ether oxygens (including phenoxy) is 1. The molecular weight excluding hydrogens is 400 g/mol. The monoisotopic (exact) mass is 426 g/mol. The topological polar surface area (TPSA) is 49.9 Å². The first kappa shape index (κ1) is 20.3. The molecule has 2 aliphatic rings. The zero-order valence-corrected chi connectivity index (χ0v) is 17.9.